The number of ether oxygens (including phenoxy) is 3. The van der Waals surface area contributed by atoms with Gasteiger partial charge in [-0.1, -0.05) is 13.3 Å². The number of hydrogen-bond acceptors (Lipinski definition) is 6. The zero-order valence-corrected chi connectivity index (χ0v) is 18.0. The topological polar surface area (TPSA) is 74.0 Å². The molecule has 2 N–H and O–H groups in total. The zero-order chi connectivity index (χ0) is 21.6. The van der Waals surface area contributed by atoms with Gasteiger partial charge in [0.2, 0.25) is 0 Å². The summed E-state index contributed by atoms with van der Waals surface area (Å²) in [6, 6.07) is 8.96. The van der Waals surface area contributed by atoms with Gasteiger partial charge in [0, 0.05) is 36.9 Å². The van der Waals surface area contributed by atoms with Crippen molar-refractivity contribution in [2.75, 3.05) is 46.1 Å². The van der Waals surface area contributed by atoms with Crippen molar-refractivity contribution in [1.82, 2.24) is 0 Å². The van der Waals surface area contributed by atoms with E-state index in [-0.39, 0.29) is 5.78 Å². The van der Waals surface area contributed by atoms with Crippen LogP contribution in [0, 0.1) is 0 Å². The number of nitrogens with zero attached hydrogens (tertiary/aromatic N) is 1. The van der Waals surface area contributed by atoms with Gasteiger partial charge in [-0.15, -0.1) is 0 Å². The van der Waals surface area contributed by atoms with Crippen molar-refractivity contribution in [3.8, 4) is 17.2 Å². The summed E-state index contributed by atoms with van der Waals surface area (Å²) in [7, 11) is 8.56. The van der Waals surface area contributed by atoms with Crippen LogP contribution in [-0.4, -0.2) is 41.2 Å². The van der Waals surface area contributed by atoms with Crippen molar-refractivity contribution < 1.29 is 19.0 Å². The minimum Gasteiger partial charge on any atom is -0.496 e. The highest BCUT2D eigenvalue weighted by Crippen LogP contribution is 2.36. The maximum atomic E-state index is 13.2. The van der Waals surface area contributed by atoms with E-state index >= 15 is 0 Å². The van der Waals surface area contributed by atoms with Gasteiger partial charge in [-0.25, -0.2) is 0 Å². The lowest BCUT2D eigenvalue weighted by Gasteiger charge is -2.16. The summed E-state index contributed by atoms with van der Waals surface area (Å²) in [5.41, 5.74) is 9.58. The highest BCUT2D eigenvalue weighted by atomic mass is 16.5. The number of nitrogens with two attached hydrogens (primary N) is 1. The van der Waals surface area contributed by atoms with Gasteiger partial charge in [0.25, 0.3) is 0 Å². The summed E-state index contributed by atoms with van der Waals surface area (Å²) in [5, 5.41) is 0. The number of anilines is 2. The number of nitrogen functional groups attached to an aromatic ring is 1. The molecule has 2 rings (SSSR count). The molecule has 0 aliphatic heterocycles. The second-order valence-corrected chi connectivity index (χ2v) is 6.87. The van der Waals surface area contributed by atoms with Crippen molar-refractivity contribution in [2.45, 2.75) is 19.8 Å². The standard InChI is InChI=1S/C23H30N2O4/c1-7-8-15(23(26)16-9-10-19(25(2)3)18(24)12-16)11-17-13-21(28-5)22(29-6)14-20(17)27-4/h9-14H,7-8,24H2,1-6H3. The number of ketones is 1. The predicted molar refractivity (Wildman–Crippen MR) is 118 cm³/mol. The molecular weight excluding hydrogens is 368 g/mol. The average Bonchev–Trinajstić information content (AvgIpc) is 2.71. The molecule has 0 aromatic heterocycles. The normalized spacial score (nSPS) is 11.2. The number of methoxy groups -OCH3 is 3. The second kappa shape index (κ2) is 9.87. The van der Waals surface area contributed by atoms with Crippen molar-refractivity contribution in [2.24, 2.45) is 0 Å². The predicted octanol–water partition coefficient (Wildman–Crippen LogP) is 4.43. The Balaban J connectivity index is 2.52. The van der Waals surface area contributed by atoms with Crippen LogP contribution in [0.2, 0.25) is 0 Å². The first-order valence-electron chi connectivity index (χ1n) is 9.48. The smallest absolute Gasteiger partial charge is 0.189 e. The van der Waals surface area contributed by atoms with Crippen LogP contribution < -0.4 is 24.8 Å². The molecule has 0 radical (unpaired) electrons. The summed E-state index contributed by atoms with van der Waals surface area (Å²) in [6.45, 7) is 2.04. The van der Waals surface area contributed by atoms with E-state index in [4.69, 9.17) is 19.9 Å². The van der Waals surface area contributed by atoms with E-state index in [1.165, 1.54) is 0 Å². The van der Waals surface area contributed by atoms with Crippen molar-refractivity contribution in [1.29, 1.82) is 0 Å². The summed E-state index contributed by atoms with van der Waals surface area (Å²) in [4.78, 5) is 15.1. The maximum absolute atomic E-state index is 13.2. The largest absolute Gasteiger partial charge is 0.496 e. The molecule has 0 saturated heterocycles. The Kier molecular flexibility index (Phi) is 7.53. The van der Waals surface area contributed by atoms with E-state index in [1.807, 2.05) is 50.2 Å². The van der Waals surface area contributed by atoms with E-state index in [1.54, 1.807) is 33.5 Å². The molecule has 0 aliphatic carbocycles. The Labute approximate surface area is 172 Å². The van der Waals surface area contributed by atoms with Crippen LogP contribution in [0.15, 0.2) is 35.9 Å². The van der Waals surface area contributed by atoms with Gasteiger partial charge in [-0.05, 0) is 36.8 Å². The Morgan fingerprint density at radius 2 is 1.62 bits per heavy atom. The lowest BCUT2D eigenvalue weighted by Crippen LogP contribution is -2.12. The third kappa shape index (κ3) is 5.02. The molecule has 0 spiro atoms. The molecule has 2 aromatic rings. The first-order valence-corrected chi connectivity index (χ1v) is 9.48. The number of carbonyl (C=O) groups excluding carboxylic acids is 1. The first kappa shape index (κ1) is 22.1. The molecule has 0 fully saturated rings. The Morgan fingerprint density at radius 1 is 1.00 bits per heavy atom. The van der Waals surface area contributed by atoms with Crippen LogP contribution in [0.1, 0.15) is 35.7 Å². The van der Waals surface area contributed by atoms with E-state index in [2.05, 4.69) is 0 Å². The minimum absolute atomic E-state index is 0.0549. The Morgan fingerprint density at radius 3 is 2.14 bits per heavy atom. The van der Waals surface area contributed by atoms with Gasteiger partial charge in [-0.2, -0.15) is 0 Å². The van der Waals surface area contributed by atoms with Crippen LogP contribution in [0.5, 0.6) is 17.2 Å². The van der Waals surface area contributed by atoms with Gasteiger partial charge in [0.15, 0.2) is 17.3 Å². The summed E-state index contributed by atoms with van der Waals surface area (Å²) in [5.74, 6) is 1.69. The Bertz CT molecular complexity index is 904. The van der Waals surface area contributed by atoms with Crippen LogP contribution >= 0.6 is 0 Å². The van der Waals surface area contributed by atoms with Crippen LogP contribution in [0.3, 0.4) is 0 Å². The van der Waals surface area contributed by atoms with E-state index in [0.717, 1.165) is 17.7 Å². The molecule has 6 nitrogen and oxygen atoms in total. The highest BCUT2D eigenvalue weighted by molar-refractivity contribution is 6.12. The quantitative estimate of drug-likeness (QED) is 0.383. The fraction of sp³-hybridized carbons (Fsp3) is 0.348. The monoisotopic (exact) mass is 398 g/mol. The number of Topliss-reactive ketones (excluding diaryl/α,β-unsaturated/α-hetero) is 1. The average molecular weight is 399 g/mol. The van der Waals surface area contributed by atoms with E-state index in [0.29, 0.717) is 40.5 Å². The van der Waals surface area contributed by atoms with Crippen LogP contribution in [0.4, 0.5) is 11.4 Å². The lowest BCUT2D eigenvalue weighted by molar-refractivity contribution is 0.103. The van der Waals surface area contributed by atoms with E-state index in [9.17, 15) is 4.79 Å². The SMILES string of the molecule is CCCC(=Cc1cc(OC)c(OC)cc1OC)C(=O)c1ccc(N(C)C)c(N)c1. The fourth-order valence-electron chi connectivity index (χ4n) is 3.16. The molecule has 156 valence electrons. The first-order chi connectivity index (χ1) is 13.9. The maximum Gasteiger partial charge on any atom is 0.189 e. The molecule has 0 unspecified atom stereocenters. The highest BCUT2D eigenvalue weighted by Gasteiger charge is 2.17. The zero-order valence-electron chi connectivity index (χ0n) is 18.0. The van der Waals surface area contributed by atoms with Crippen molar-refractivity contribution >= 4 is 23.2 Å². The molecule has 6 heteroatoms. The van der Waals surface area contributed by atoms with Crippen molar-refractivity contribution in [3.63, 3.8) is 0 Å². The molecule has 0 atom stereocenters. The van der Waals surface area contributed by atoms with Crippen LogP contribution in [0.25, 0.3) is 6.08 Å². The van der Waals surface area contributed by atoms with Gasteiger partial charge in [0.05, 0.1) is 32.7 Å². The molecule has 2 aromatic carbocycles. The third-order valence-electron chi connectivity index (χ3n) is 4.65. The molecular formula is C23H30N2O4. The Hall–Kier alpha value is -3.15. The summed E-state index contributed by atoms with van der Waals surface area (Å²) < 4.78 is 16.2. The molecule has 0 saturated carbocycles. The lowest BCUT2D eigenvalue weighted by atomic mass is 9.96. The molecule has 0 bridgehead atoms. The minimum atomic E-state index is -0.0549. The molecule has 0 heterocycles. The molecule has 0 amide bonds. The van der Waals surface area contributed by atoms with Crippen molar-refractivity contribution in [3.05, 3.63) is 47.0 Å². The number of rotatable bonds is 9. The summed E-state index contributed by atoms with van der Waals surface area (Å²) in [6.07, 6.45) is 3.31. The van der Waals surface area contributed by atoms with Crippen LogP contribution in [-0.2, 0) is 0 Å². The van der Waals surface area contributed by atoms with Gasteiger partial charge < -0.3 is 24.8 Å². The van der Waals surface area contributed by atoms with Gasteiger partial charge in [-0.3, -0.25) is 4.79 Å². The van der Waals surface area contributed by atoms with E-state index < -0.39 is 0 Å². The number of allylic oxidation sites excluding steroid dienone is 1. The van der Waals surface area contributed by atoms with Gasteiger partial charge in [0.1, 0.15) is 5.75 Å². The number of benzene rings is 2. The molecule has 29 heavy (non-hydrogen) atoms. The third-order valence-corrected chi connectivity index (χ3v) is 4.65. The molecule has 0 aliphatic rings. The fourth-order valence-corrected chi connectivity index (χ4v) is 3.16. The number of carbonyl (C=O) groups is 1. The number of hydrogen-bond donors (Lipinski definition) is 1. The van der Waals surface area contributed by atoms with Gasteiger partial charge >= 0.3 is 0 Å². The summed E-state index contributed by atoms with van der Waals surface area (Å²) >= 11 is 0. The second-order valence-electron chi connectivity index (χ2n) is 6.87.